The van der Waals surface area contributed by atoms with Gasteiger partial charge in [0.05, 0.1) is 11.4 Å². The Balaban J connectivity index is 2.18. The maximum Gasteiger partial charge on any atom is 0.117 e. The van der Waals surface area contributed by atoms with Crippen LogP contribution >= 0.6 is 0 Å². The van der Waals surface area contributed by atoms with E-state index in [0.29, 0.717) is 11.4 Å². The third-order valence-electron chi connectivity index (χ3n) is 2.00. The van der Waals surface area contributed by atoms with Crippen LogP contribution in [-0.4, -0.2) is 5.11 Å². The second kappa shape index (κ2) is 4.44. The van der Waals surface area contributed by atoms with Crippen molar-refractivity contribution in [2.45, 2.75) is 0 Å². The molecule has 0 aromatic heterocycles. The van der Waals surface area contributed by atoms with Crippen molar-refractivity contribution < 1.29 is 5.11 Å². The smallest absolute Gasteiger partial charge is 0.117 e. The molecule has 0 aliphatic rings. The standard InChI is InChI=1S/C12H11N3O/c13-9-4-6-10(7-5-9)14-15-11-2-1-3-12(16)8-11/h1-8,16H,13H2. The fraction of sp³-hybridized carbons (Fsp3) is 0. The van der Waals surface area contributed by atoms with E-state index in [1.807, 2.05) is 0 Å². The van der Waals surface area contributed by atoms with Gasteiger partial charge < -0.3 is 10.8 Å². The van der Waals surface area contributed by atoms with Crippen molar-refractivity contribution in [1.29, 1.82) is 0 Å². The number of nitrogens with two attached hydrogens (primary N) is 1. The Hall–Kier alpha value is -2.36. The molecule has 2 rings (SSSR count). The number of aromatic hydroxyl groups is 1. The van der Waals surface area contributed by atoms with Crippen LogP contribution in [-0.2, 0) is 0 Å². The molecule has 0 unspecified atom stereocenters. The van der Waals surface area contributed by atoms with Gasteiger partial charge in [0.15, 0.2) is 0 Å². The van der Waals surface area contributed by atoms with E-state index in [1.54, 1.807) is 48.5 Å². The van der Waals surface area contributed by atoms with E-state index in [2.05, 4.69) is 10.2 Å². The van der Waals surface area contributed by atoms with Gasteiger partial charge in [-0.3, -0.25) is 0 Å². The summed E-state index contributed by atoms with van der Waals surface area (Å²) in [5.74, 6) is 0.175. The maximum absolute atomic E-state index is 9.23. The summed E-state index contributed by atoms with van der Waals surface area (Å²) >= 11 is 0. The minimum Gasteiger partial charge on any atom is -0.508 e. The fourth-order valence-corrected chi connectivity index (χ4v) is 1.21. The van der Waals surface area contributed by atoms with E-state index in [-0.39, 0.29) is 5.75 Å². The minimum absolute atomic E-state index is 0.175. The van der Waals surface area contributed by atoms with Gasteiger partial charge in [-0.15, -0.1) is 0 Å². The van der Waals surface area contributed by atoms with E-state index >= 15 is 0 Å². The van der Waals surface area contributed by atoms with Crippen molar-refractivity contribution in [1.82, 2.24) is 0 Å². The Kier molecular flexibility index (Phi) is 2.82. The Bertz CT molecular complexity index is 506. The zero-order chi connectivity index (χ0) is 11.4. The summed E-state index contributed by atoms with van der Waals surface area (Å²) in [6.07, 6.45) is 0. The van der Waals surface area contributed by atoms with Crippen molar-refractivity contribution in [3.63, 3.8) is 0 Å². The quantitative estimate of drug-likeness (QED) is 0.592. The van der Waals surface area contributed by atoms with Gasteiger partial charge in [0.25, 0.3) is 0 Å². The monoisotopic (exact) mass is 213 g/mol. The summed E-state index contributed by atoms with van der Waals surface area (Å²) in [5, 5.41) is 17.2. The van der Waals surface area contributed by atoms with Gasteiger partial charge in [0.1, 0.15) is 5.75 Å². The molecule has 0 bridgehead atoms. The van der Waals surface area contributed by atoms with Crippen molar-refractivity contribution in [3.05, 3.63) is 48.5 Å². The lowest BCUT2D eigenvalue weighted by atomic mass is 10.3. The largest absolute Gasteiger partial charge is 0.508 e. The molecule has 4 nitrogen and oxygen atoms in total. The number of benzene rings is 2. The molecular formula is C12H11N3O. The lowest BCUT2D eigenvalue weighted by Gasteiger charge is -1.95. The van der Waals surface area contributed by atoms with Gasteiger partial charge in [0.2, 0.25) is 0 Å². The van der Waals surface area contributed by atoms with Crippen molar-refractivity contribution in [3.8, 4) is 5.75 Å². The fourth-order valence-electron chi connectivity index (χ4n) is 1.21. The van der Waals surface area contributed by atoms with Crippen molar-refractivity contribution >= 4 is 17.1 Å². The number of hydrogen-bond acceptors (Lipinski definition) is 4. The van der Waals surface area contributed by atoms with Gasteiger partial charge in [-0.25, -0.2) is 0 Å². The molecule has 2 aromatic carbocycles. The summed E-state index contributed by atoms with van der Waals surface area (Å²) in [7, 11) is 0. The van der Waals surface area contributed by atoms with Crippen LogP contribution in [0.5, 0.6) is 5.75 Å². The molecule has 4 heteroatoms. The summed E-state index contributed by atoms with van der Waals surface area (Å²) in [6.45, 7) is 0. The van der Waals surface area contributed by atoms with Crippen LogP contribution in [0.3, 0.4) is 0 Å². The Labute approximate surface area is 93.1 Å². The molecule has 0 fully saturated rings. The Morgan fingerprint density at radius 3 is 2.25 bits per heavy atom. The zero-order valence-electron chi connectivity index (χ0n) is 8.54. The van der Waals surface area contributed by atoms with E-state index in [1.165, 1.54) is 0 Å². The average molecular weight is 213 g/mol. The number of anilines is 1. The van der Waals surface area contributed by atoms with Crippen LogP contribution in [0.1, 0.15) is 0 Å². The highest BCUT2D eigenvalue weighted by Gasteiger charge is 1.92. The predicted molar refractivity (Wildman–Crippen MR) is 63.1 cm³/mol. The Morgan fingerprint density at radius 2 is 1.56 bits per heavy atom. The van der Waals surface area contributed by atoms with Gasteiger partial charge >= 0.3 is 0 Å². The molecule has 80 valence electrons. The molecule has 0 atom stereocenters. The SMILES string of the molecule is Nc1ccc(N=Nc2cccc(O)c2)cc1. The summed E-state index contributed by atoms with van der Waals surface area (Å²) in [5.41, 5.74) is 7.57. The van der Waals surface area contributed by atoms with Crippen LogP contribution in [0.4, 0.5) is 17.1 Å². The van der Waals surface area contributed by atoms with Crippen LogP contribution < -0.4 is 5.73 Å². The summed E-state index contributed by atoms with van der Waals surface area (Å²) in [4.78, 5) is 0. The molecule has 0 heterocycles. The number of azo groups is 1. The minimum atomic E-state index is 0.175. The van der Waals surface area contributed by atoms with E-state index in [0.717, 1.165) is 5.69 Å². The van der Waals surface area contributed by atoms with Crippen molar-refractivity contribution in [2.24, 2.45) is 10.2 Å². The Morgan fingerprint density at radius 1 is 0.875 bits per heavy atom. The van der Waals surface area contributed by atoms with Crippen LogP contribution in [0.15, 0.2) is 58.8 Å². The average Bonchev–Trinajstić information content (AvgIpc) is 2.28. The van der Waals surface area contributed by atoms with Crippen molar-refractivity contribution in [2.75, 3.05) is 5.73 Å². The molecule has 0 amide bonds. The number of phenols is 1. The summed E-state index contributed by atoms with van der Waals surface area (Å²) in [6, 6.07) is 13.7. The second-order valence-corrected chi connectivity index (χ2v) is 3.31. The third-order valence-corrected chi connectivity index (χ3v) is 2.00. The van der Waals surface area contributed by atoms with Crippen LogP contribution in [0.2, 0.25) is 0 Å². The highest BCUT2D eigenvalue weighted by atomic mass is 16.3. The second-order valence-electron chi connectivity index (χ2n) is 3.31. The molecule has 0 aliphatic heterocycles. The molecule has 0 spiro atoms. The molecule has 0 saturated carbocycles. The topological polar surface area (TPSA) is 71.0 Å². The normalized spacial score (nSPS) is 10.8. The summed E-state index contributed by atoms with van der Waals surface area (Å²) < 4.78 is 0. The van der Waals surface area contributed by atoms with E-state index < -0.39 is 0 Å². The number of nitrogen functional groups attached to an aromatic ring is 1. The van der Waals surface area contributed by atoms with Gasteiger partial charge in [-0.05, 0) is 36.4 Å². The molecule has 0 radical (unpaired) electrons. The molecular weight excluding hydrogens is 202 g/mol. The van der Waals surface area contributed by atoms with E-state index in [4.69, 9.17) is 5.73 Å². The lowest BCUT2D eigenvalue weighted by Crippen LogP contribution is -1.80. The highest BCUT2D eigenvalue weighted by Crippen LogP contribution is 2.22. The molecule has 3 N–H and O–H groups in total. The van der Waals surface area contributed by atoms with E-state index in [9.17, 15) is 5.11 Å². The first-order valence-electron chi connectivity index (χ1n) is 4.80. The van der Waals surface area contributed by atoms with Crippen LogP contribution in [0, 0.1) is 0 Å². The molecule has 16 heavy (non-hydrogen) atoms. The first-order chi connectivity index (χ1) is 7.74. The first kappa shape index (κ1) is 10.2. The van der Waals surface area contributed by atoms with Gasteiger partial charge in [-0.2, -0.15) is 10.2 Å². The van der Waals surface area contributed by atoms with Gasteiger partial charge in [-0.1, -0.05) is 6.07 Å². The van der Waals surface area contributed by atoms with Gasteiger partial charge in [0, 0.05) is 11.8 Å². The number of nitrogens with zero attached hydrogens (tertiary/aromatic N) is 2. The molecule has 0 aliphatic carbocycles. The lowest BCUT2D eigenvalue weighted by molar-refractivity contribution is 0.475. The first-order valence-corrected chi connectivity index (χ1v) is 4.80. The zero-order valence-corrected chi connectivity index (χ0v) is 8.54. The molecule has 0 saturated heterocycles. The predicted octanol–water partition coefficient (Wildman–Crippen LogP) is 3.39. The highest BCUT2D eigenvalue weighted by molar-refractivity contribution is 5.48. The third kappa shape index (κ3) is 2.57. The number of phenolic OH excluding ortho intramolecular Hbond substituents is 1. The maximum atomic E-state index is 9.23. The molecule has 2 aromatic rings. The number of rotatable bonds is 2. The number of hydrogen-bond donors (Lipinski definition) is 2. The van der Waals surface area contributed by atoms with Crippen LogP contribution in [0.25, 0.3) is 0 Å².